The summed E-state index contributed by atoms with van der Waals surface area (Å²) in [4.78, 5) is 14.0. The van der Waals surface area contributed by atoms with Crippen molar-refractivity contribution in [3.63, 3.8) is 0 Å². The number of fused-ring (bicyclic) bond motifs is 2. The summed E-state index contributed by atoms with van der Waals surface area (Å²) >= 11 is 0. The van der Waals surface area contributed by atoms with Crippen molar-refractivity contribution in [1.82, 2.24) is 0 Å². The number of allylic oxidation sites excluding steroid dienone is 5. The first-order chi connectivity index (χ1) is 20.7. The lowest BCUT2D eigenvalue weighted by molar-refractivity contribution is -0.342. The molecule has 8 heteroatoms. The molecule has 1 aliphatic carbocycles. The van der Waals surface area contributed by atoms with Crippen LogP contribution in [0.5, 0.6) is 0 Å². The summed E-state index contributed by atoms with van der Waals surface area (Å²) in [5.41, 5.74) is 1.64. The zero-order valence-electron chi connectivity index (χ0n) is 27.4. The molecule has 11 atom stereocenters. The normalized spacial score (nSPS) is 46.8. The summed E-state index contributed by atoms with van der Waals surface area (Å²) in [5.74, 6) is -2.31. The molecule has 5 aliphatic rings. The third-order valence-electron chi connectivity index (χ3n) is 10.1. The lowest BCUT2D eigenvalue weighted by Gasteiger charge is -2.51. The summed E-state index contributed by atoms with van der Waals surface area (Å²) in [5, 5.41) is 34.3. The zero-order valence-corrected chi connectivity index (χ0v) is 27.4. The maximum atomic E-state index is 14.0. The molecule has 0 aromatic carbocycles. The van der Waals surface area contributed by atoms with E-state index >= 15 is 0 Å². The molecule has 3 fully saturated rings. The Labute approximate surface area is 262 Å². The fourth-order valence-corrected chi connectivity index (χ4v) is 7.85. The van der Waals surface area contributed by atoms with Crippen LogP contribution in [0.4, 0.5) is 0 Å². The smallest absolute Gasteiger partial charge is 0.316 e. The topological polar surface area (TPSA) is 115 Å². The van der Waals surface area contributed by atoms with Crippen molar-refractivity contribution in [3.05, 3.63) is 58.7 Å². The van der Waals surface area contributed by atoms with Gasteiger partial charge in [-0.25, -0.2) is 0 Å². The van der Waals surface area contributed by atoms with Gasteiger partial charge in [0.15, 0.2) is 5.79 Å². The second kappa shape index (κ2) is 13.0. The highest BCUT2D eigenvalue weighted by Crippen LogP contribution is 2.47. The van der Waals surface area contributed by atoms with E-state index in [9.17, 15) is 20.1 Å². The van der Waals surface area contributed by atoms with Crippen LogP contribution < -0.4 is 0 Å². The van der Waals surface area contributed by atoms with Crippen LogP contribution in [0.25, 0.3) is 0 Å². The molecule has 44 heavy (non-hydrogen) atoms. The average Bonchev–Trinajstić information content (AvgIpc) is 3.27. The first-order valence-electron chi connectivity index (χ1n) is 16.4. The maximum absolute atomic E-state index is 14.0. The molecular weight excluding hydrogens is 592 g/mol. The molecule has 0 aromatic heterocycles. The number of ether oxygens (including phenoxy) is 4. The van der Waals surface area contributed by atoms with Gasteiger partial charge >= 0.3 is 5.97 Å². The molecule has 0 saturated carbocycles. The molecule has 0 radical (unpaired) electrons. The minimum atomic E-state index is -1.74. The molecule has 2 bridgehead atoms. The van der Waals surface area contributed by atoms with Crippen LogP contribution in [0.2, 0.25) is 0 Å². The second-order valence-corrected chi connectivity index (χ2v) is 14.4. The second-order valence-electron chi connectivity index (χ2n) is 14.4. The van der Waals surface area contributed by atoms with Gasteiger partial charge < -0.3 is 34.3 Å². The molecular formula is C36H52O8. The first kappa shape index (κ1) is 33.3. The van der Waals surface area contributed by atoms with E-state index in [0.717, 1.165) is 12.0 Å². The maximum Gasteiger partial charge on any atom is 0.316 e. The Morgan fingerprint density at radius 2 is 2.07 bits per heavy atom. The number of aliphatic hydroxyl groups is 3. The Bertz CT molecular complexity index is 1240. The molecule has 0 aromatic rings. The van der Waals surface area contributed by atoms with Gasteiger partial charge in [-0.05, 0) is 62.2 Å². The van der Waals surface area contributed by atoms with E-state index in [2.05, 4.69) is 45.9 Å². The van der Waals surface area contributed by atoms with Crippen LogP contribution in [0, 0.1) is 23.7 Å². The van der Waals surface area contributed by atoms with E-state index in [-0.39, 0.29) is 43.5 Å². The highest BCUT2D eigenvalue weighted by Gasteiger charge is 2.60. The van der Waals surface area contributed by atoms with Crippen molar-refractivity contribution in [2.75, 3.05) is 6.61 Å². The van der Waals surface area contributed by atoms with Gasteiger partial charge in [0.2, 0.25) is 0 Å². The molecule has 4 aliphatic heterocycles. The van der Waals surface area contributed by atoms with Gasteiger partial charge in [-0.15, -0.1) is 0 Å². The number of carbonyl (C=O) groups is 1. The number of aliphatic hydroxyl groups excluding tert-OH is 2. The van der Waals surface area contributed by atoms with Crippen molar-refractivity contribution in [1.29, 1.82) is 0 Å². The summed E-state index contributed by atoms with van der Waals surface area (Å²) in [6.45, 7) is 14.4. The quantitative estimate of drug-likeness (QED) is 0.282. The Morgan fingerprint density at radius 1 is 1.32 bits per heavy atom. The molecule has 1 unspecified atom stereocenters. The van der Waals surface area contributed by atoms with Gasteiger partial charge in [-0.1, -0.05) is 69.7 Å². The number of esters is 1. The fraction of sp³-hybridized carbons (Fsp3) is 0.694. The predicted molar refractivity (Wildman–Crippen MR) is 167 cm³/mol. The van der Waals surface area contributed by atoms with Gasteiger partial charge in [0.05, 0.1) is 24.9 Å². The zero-order chi connectivity index (χ0) is 32.0. The van der Waals surface area contributed by atoms with Gasteiger partial charge in [0, 0.05) is 25.2 Å². The van der Waals surface area contributed by atoms with Crippen LogP contribution in [0.3, 0.4) is 0 Å². The molecule has 0 amide bonds. The Kier molecular flexibility index (Phi) is 9.82. The summed E-state index contributed by atoms with van der Waals surface area (Å²) < 4.78 is 25.7. The van der Waals surface area contributed by atoms with Crippen LogP contribution in [0.15, 0.2) is 58.7 Å². The average molecular weight is 645 g/mol. The lowest BCUT2D eigenvalue weighted by atomic mass is 9.90. The standard InChI is InChI=1S/C36H52O8/c1-20(2)13-24(6)32-25(7)30(37)18-35(44-32)17-28-16-27(43-35)12-11-22(4)14-21(3)9-8-10-26-19-41-33-31(38)23(5)15-29(34(39)42-28)36(26,33)40/h8-11,13,15,20-21,25,27-33,37-38,40H,12,14,16-19H2,1-7H3/b9-8+,22-11+,24-13+,26-10+/t21-,25-,27+,28-,29-,30-,31+,32+,33?,35-,36+/m0/s1/i1+2,2+2,3+2,4+2,6+2,9+2,13+2,14+2,19+2,20+2,21+2,22+2,24+2,26+2,32+2,36+2. The van der Waals surface area contributed by atoms with E-state index in [4.69, 9.17) is 18.9 Å². The van der Waals surface area contributed by atoms with Gasteiger partial charge in [-0.3, -0.25) is 4.79 Å². The monoisotopic (exact) mass is 644 g/mol. The third kappa shape index (κ3) is 6.58. The predicted octanol–water partition coefficient (Wildman–Crippen LogP) is 5.09. The van der Waals surface area contributed by atoms with E-state index in [1.807, 2.05) is 26.0 Å². The fourth-order valence-electron chi connectivity index (χ4n) is 7.85. The van der Waals surface area contributed by atoms with Crippen molar-refractivity contribution >= 4 is 5.97 Å². The van der Waals surface area contributed by atoms with Crippen LogP contribution in [-0.2, 0) is 23.7 Å². The molecule has 3 saturated heterocycles. The molecule has 5 rings (SSSR count). The summed E-state index contributed by atoms with van der Waals surface area (Å²) in [6, 6.07) is 0. The lowest BCUT2D eigenvalue weighted by Crippen LogP contribution is -2.59. The summed E-state index contributed by atoms with van der Waals surface area (Å²) in [7, 11) is 0. The minimum Gasteiger partial charge on any atom is -0.462 e. The molecule has 244 valence electrons. The van der Waals surface area contributed by atoms with E-state index in [1.54, 1.807) is 13.0 Å². The number of carbonyl (C=O) groups excluding carboxylic acids is 1. The van der Waals surface area contributed by atoms with Crippen molar-refractivity contribution < 1.29 is 39.1 Å². The van der Waals surface area contributed by atoms with Gasteiger partial charge in [0.1, 0.15) is 29.8 Å². The van der Waals surface area contributed by atoms with Crippen molar-refractivity contribution in [2.45, 2.75) is 129 Å². The van der Waals surface area contributed by atoms with E-state index < -0.39 is 47.7 Å². The number of hydrogen-bond donors (Lipinski definition) is 3. The number of hydrogen-bond acceptors (Lipinski definition) is 8. The van der Waals surface area contributed by atoms with Crippen molar-refractivity contribution in [2.24, 2.45) is 23.7 Å². The largest absolute Gasteiger partial charge is 0.462 e. The third-order valence-corrected chi connectivity index (χ3v) is 10.1. The van der Waals surface area contributed by atoms with E-state index in [0.29, 0.717) is 29.9 Å². The van der Waals surface area contributed by atoms with Gasteiger partial charge in [-0.2, -0.15) is 0 Å². The minimum absolute atomic E-state index is 0.109. The van der Waals surface area contributed by atoms with Crippen LogP contribution in [-0.4, -0.2) is 75.9 Å². The Balaban J connectivity index is 1.52. The Morgan fingerprint density at radius 3 is 2.80 bits per heavy atom. The molecule has 3 N–H and O–H groups in total. The van der Waals surface area contributed by atoms with Gasteiger partial charge in [0.25, 0.3) is 0 Å². The van der Waals surface area contributed by atoms with Crippen LogP contribution in [0.1, 0.15) is 80.6 Å². The molecule has 4 heterocycles. The van der Waals surface area contributed by atoms with E-state index in [1.165, 1.54) is 5.57 Å². The number of rotatable bonds is 2. The van der Waals surface area contributed by atoms with Crippen LogP contribution >= 0.6 is 0 Å². The first-order valence-corrected chi connectivity index (χ1v) is 16.4. The molecule has 1 spiro atoms. The highest BCUT2D eigenvalue weighted by atomic mass is 16.8. The van der Waals surface area contributed by atoms with Crippen molar-refractivity contribution in [3.8, 4) is 0 Å². The molecule has 8 nitrogen and oxygen atoms in total. The SMILES string of the molecule is CC1=C[C@H]2C(=O)O[C@H]3C[C@@H](C/C=[14C](\[14CH3])[14CH2][14C@@H]([14CH3])/[14CH]=C/C=[14C]4\[14CH2]OC([C@@H]1O)[14C@]24O)O[C@]1(C3)C[C@H](O)[C@H](C)[14C@@H](/[14C]([14CH3])=[14CH]/[14CH]([14CH3])[14CH3])O1. The Hall–Kier alpha value is -2.07. The summed E-state index contributed by atoms with van der Waals surface area (Å²) in [6.07, 6.45) is 10.4. The highest BCUT2D eigenvalue weighted by molar-refractivity contribution is 5.78.